The van der Waals surface area contributed by atoms with Gasteiger partial charge in [-0.15, -0.1) is 0 Å². The standard InChI is InChI=1S/C32H36N4O5/c1-21(2)41-29-7-5-4-6-28(29)35-16-14-34(15-17-35)20-25(37)19-33-30(38)23-10-13-26-27(18-23)32(40)36(31(26)39)24-11-8-22(3)9-12-24/h4-13,18,21,25,37H,14-17,19-20H2,1-3H3,(H,33,38)/t25-/m0/s1. The Bertz CT molecular complexity index is 1430. The summed E-state index contributed by atoms with van der Waals surface area (Å²) in [6.45, 7) is 9.62. The summed E-state index contributed by atoms with van der Waals surface area (Å²) in [5, 5.41) is 13.4. The summed E-state index contributed by atoms with van der Waals surface area (Å²) in [5.41, 5.74) is 3.31. The van der Waals surface area contributed by atoms with Crippen molar-refractivity contribution in [3.05, 3.63) is 89.0 Å². The van der Waals surface area contributed by atoms with Crippen LogP contribution in [-0.4, -0.2) is 79.2 Å². The Labute approximate surface area is 240 Å². The van der Waals surface area contributed by atoms with E-state index in [1.807, 2.05) is 51.1 Å². The average molecular weight is 557 g/mol. The van der Waals surface area contributed by atoms with E-state index in [0.717, 1.165) is 48.1 Å². The number of carbonyl (C=O) groups excluding carboxylic acids is 3. The average Bonchev–Trinajstić information content (AvgIpc) is 3.21. The number of nitrogens with one attached hydrogen (secondary N) is 1. The lowest BCUT2D eigenvalue weighted by atomic mass is 10.1. The van der Waals surface area contributed by atoms with E-state index >= 15 is 0 Å². The van der Waals surface area contributed by atoms with Gasteiger partial charge in [0.2, 0.25) is 0 Å². The van der Waals surface area contributed by atoms with Gasteiger partial charge in [0.25, 0.3) is 17.7 Å². The molecule has 0 aromatic heterocycles. The Morgan fingerprint density at radius 2 is 1.61 bits per heavy atom. The predicted molar refractivity (Wildman–Crippen MR) is 158 cm³/mol. The molecule has 9 nitrogen and oxygen atoms in total. The smallest absolute Gasteiger partial charge is 0.266 e. The van der Waals surface area contributed by atoms with Gasteiger partial charge in [-0.3, -0.25) is 19.3 Å². The summed E-state index contributed by atoms with van der Waals surface area (Å²) in [6, 6.07) is 19.7. The minimum absolute atomic E-state index is 0.0730. The van der Waals surface area contributed by atoms with Gasteiger partial charge >= 0.3 is 0 Å². The molecule has 2 aliphatic rings. The molecule has 0 aliphatic carbocycles. The third-order valence-electron chi connectivity index (χ3n) is 7.35. The molecule has 0 spiro atoms. The Balaban J connectivity index is 1.13. The second kappa shape index (κ2) is 12.1. The number of anilines is 2. The fraction of sp³-hybridized carbons (Fsp3) is 0.344. The normalized spacial score (nSPS) is 16.2. The molecule has 3 aromatic rings. The van der Waals surface area contributed by atoms with Gasteiger partial charge in [-0.05, 0) is 63.2 Å². The fourth-order valence-electron chi connectivity index (χ4n) is 5.23. The molecular formula is C32H36N4O5. The molecule has 1 saturated heterocycles. The largest absolute Gasteiger partial charge is 0.489 e. The molecular weight excluding hydrogens is 520 g/mol. The first-order valence-electron chi connectivity index (χ1n) is 14.0. The lowest BCUT2D eigenvalue weighted by Gasteiger charge is -2.37. The van der Waals surface area contributed by atoms with Crippen LogP contribution in [0.1, 0.15) is 50.5 Å². The van der Waals surface area contributed by atoms with E-state index in [2.05, 4.69) is 21.2 Å². The number of rotatable bonds is 9. The second-order valence-corrected chi connectivity index (χ2v) is 10.8. The number of piperazine rings is 1. The maximum Gasteiger partial charge on any atom is 0.266 e. The molecule has 5 rings (SSSR count). The SMILES string of the molecule is Cc1ccc(N2C(=O)c3ccc(C(=O)NC[C@H](O)CN4CCN(c5ccccc5OC(C)C)CC4)cc3C2=O)cc1. The van der Waals surface area contributed by atoms with E-state index in [-0.39, 0.29) is 29.3 Å². The first-order valence-corrected chi connectivity index (χ1v) is 14.0. The number of carbonyl (C=O) groups is 3. The Morgan fingerprint density at radius 3 is 2.32 bits per heavy atom. The zero-order valence-electron chi connectivity index (χ0n) is 23.7. The minimum Gasteiger partial charge on any atom is -0.489 e. The van der Waals surface area contributed by atoms with Gasteiger partial charge in [-0.1, -0.05) is 29.8 Å². The van der Waals surface area contributed by atoms with Gasteiger partial charge in [-0.2, -0.15) is 0 Å². The number of nitrogens with zero attached hydrogens (tertiary/aromatic N) is 3. The number of ether oxygens (including phenoxy) is 1. The van der Waals surface area contributed by atoms with Crippen LogP contribution < -0.4 is 19.9 Å². The van der Waals surface area contributed by atoms with Crippen LogP contribution >= 0.6 is 0 Å². The predicted octanol–water partition coefficient (Wildman–Crippen LogP) is 3.50. The van der Waals surface area contributed by atoms with Crippen LogP contribution in [0.2, 0.25) is 0 Å². The van der Waals surface area contributed by atoms with Crippen molar-refractivity contribution >= 4 is 29.1 Å². The maximum absolute atomic E-state index is 13.1. The number of aliphatic hydroxyl groups excluding tert-OH is 1. The van der Waals surface area contributed by atoms with E-state index in [1.54, 1.807) is 12.1 Å². The van der Waals surface area contributed by atoms with Crippen LogP contribution in [0, 0.1) is 6.92 Å². The number of hydrogen-bond donors (Lipinski definition) is 2. The van der Waals surface area contributed by atoms with Gasteiger partial charge in [0.1, 0.15) is 5.75 Å². The molecule has 3 amide bonds. The van der Waals surface area contributed by atoms with Gasteiger partial charge in [-0.25, -0.2) is 4.90 Å². The number of imide groups is 1. The highest BCUT2D eigenvalue weighted by molar-refractivity contribution is 6.34. The highest BCUT2D eigenvalue weighted by atomic mass is 16.5. The second-order valence-electron chi connectivity index (χ2n) is 10.8. The van der Waals surface area contributed by atoms with Crippen molar-refractivity contribution in [3.8, 4) is 5.75 Å². The van der Waals surface area contributed by atoms with Crippen molar-refractivity contribution < 1.29 is 24.2 Å². The van der Waals surface area contributed by atoms with Crippen LogP contribution in [0.3, 0.4) is 0 Å². The summed E-state index contributed by atoms with van der Waals surface area (Å²) in [4.78, 5) is 44.4. The van der Waals surface area contributed by atoms with E-state index in [0.29, 0.717) is 12.2 Å². The van der Waals surface area contributed by atoms with Crippen molar-refractivity contribution in [3.63, 3.8) is 0 Å². The van der Waals surface area contributed by atoms with Crippen molar-refractivity contribution in [1.29, 1.82) is 0 Å². The van der Waals surface area contributed by atoms with Gasteiger partial charge in [0, 0.05) is 44.8 Å². The number of hydrogen-bond acceptors (Lipinski definition) is 7. The first-order chi connectivity index (χ1) is 19.7. The molecule has 1 atom stereocenters. The molecule has 214 valence electrons. The molecule has 9 heteroatoms. The summed E-state index contributed by atoms with van der Waals surface area (Å²) >= 11 is 0. The van der Waals surface area contributed by atoms with Crippen LogP contribution in [0.15, 0.2) is 66.7 Å². The van der Waals surface area contributed by atoms with Gasteiger partial charge in [0.05, 0.1) is 34.7 Å². The fourth-order valence-corrected chi connectivity index (χ4v) is 5.23. The number of benzene rings is 3. The lowest BCUT2D eigenvalue weighted by Crippen LogP contribution is -2.50. The van der Waals surface area contributed by atoms with E-state index in [4.69, 9.17) is 4.74 Å². The van der Waals surface area contributed by atoms with Gasteiger partial charge in [0.15, 0.2) is 0 Å². The van der Waals surface area contributed by atoms with Gasteiger partial charge < -0.3 is 20.1 Å². The van der Waals surface area contributed by atoms with Crippen molar-refractivity contribution in [2.75, 3.05) is 49.1 Å². The lowest BCUT2D eigenvalue weighted by molar-refractivity contribution is 0.0851. The molecule has 0 radical (unpaired) electrons. The summed E-state index contributed by atoms with van der Waals surface area (Å²) in [7, 11) is 0. The zero-order chi connectivity index (χ0) is 29.1. The Morgan fingerprint density at radius 1 is 0.927 bits per heavy atom. The number of para-hydroxylation sites is 2. The third kappa shape index (κ3) is 6.26. The number of fused-ring (bicyclic) bond motifs is 1. The molecule has 41 heavy (non-hydrogen) atoms. The van der Waals surface area contributed by atoms with Crippen molar-refractivity contribution in [2.45, 2.75) is 33.0 Å². The highest BCUT2D eigenvalue weighted by Gasteiger charge is 2.37. The number of amides is 3. The molecule has 3 aromatic carbocycles. The highest BCUT2D eigenvalue weighted by Crippen LogP contribution is 2.30. The first kappa shape index (κ1) is 28.3. The molecule has 2 N–H and O–H groups in total. The van der Waals surface area contributed by atoms with Crippen molar-refractivity contribution in [1.82, 2.24) is 10.2 Å². The molecule has 1 fully saturated rings. The van der Waals surface area contributed by atoms with Crippen LogP contribution in [0.25, 0.3) is 0 Å². The third-order valence-corrected chi connectivity index (χ3v) is 7.35. The summed E-state index contributed by atoms with van der Waals surface area (Å²) in [6.07, 6.45) is -0.660. The summed E-state index contributed by atoms with van der Waals surface area (Å²) < 4.78 is 5.97. The minimum atomic E-state index is -0.753. The number of aryl methyl sites for hydroxylation is 1. The van der Waals surface area contributed by atoms with E-state index in [9.17, 15) is 19.5 Å². The monoisotopic (exact) mass is 556 g/mol. The number of aliphatic hydroxyl groups is 1. The Kier molecular flexibility index (Phi) is 8.37. The molecule has 0 bridgehead atoms. The van der Waals surface area contributed by atoms with E-state index in [1.165, 1.54) is 18.2 Å². The molecule has 2 heterocycles. The molecule has 0 saturated carbocycles. The zero-order valence-corrected chi connectivity index (χ0v) is 23.7. The quantitative estimate of drug-likeness (QED) is 0.389. The molecule has 0 unspecified atom stereocenters. The maximum atomic E-state index is 13.1. The number of β-amino-alcohol motifs (C(OH)–C–C–N with tert-alkyl or cyclic N) is 1. The topological polar surface area (TPSA) is 102 Å². The van der Waals surface area contributed by atoms with Crippen LogP contribution in [0.4, 0.5) is 11.4 Å². The van der Waals surface area contributed by atoms with Crippen LogP contribution in [0.5, 0.6) is 5.75 Å². The van der Waals surface area contributed by atoms with Crippen molar-refractivity contribution in [2.24, 2.45) is 0 Å². The van der Waals surface area contributed by atoms with E-state index < -0.39 is 23.8 Å². The van der Waals surface area contributed by atoms with Crippen LogP contribution in [-0.2, 0) is 0 Å². The Hall–Kier alpha value is -4.21. The summed E-state index contributed by atoms with van der Waals surface area (Å²) in [5.74, 6) is -0.403. The molecule has 2 aliphatic heterocycles.